The minimum absolute atomic E-state index is 0.268. The van der Waals surface area contributed by atoms with Gasteiger partial charge in [-0.05, 0) is 20.0 Å². The standard InChI is InChI=1S/C13H16N2OS/c1-9(14-2)11-8-17-13(15-11)7-10-5-3-4-6-12(10)16/h3-6,8-9,14,16H,7H2,1-2H3. The van der Waals surface area contributed by atoms with Crippen LogP contribution in [0.5, 0.6) is 5.75 Å². The number of hydrogen-bond acceptors (Lipinski definition) is 4. The Kier molecular flexibility index (Phi) is 3.76. The monoisotopic (exact) mass is 248 g/mol. The molecule has 0 aliphatic carbocycles. The molecule has 0 spiro atoms. The molecular weight excluding hydrogens is 232 g/mol. The van der Waals surface area contributed by atoms with Crippen molar-refractivity contribution in [3.05, 3.63) is 45.9 Å². The fourth-order valence-electron chi connectivity index (χ4n) is 1.58. The summed E-state index contributed by atoms with van der Waals surface area (Å²) >= 11 is 1.63. The van der Waals surface area contributed by atoms with Gasteiger partial charge in [0.15, 0.2) is 0 Å². The first-order chi connectivity index (χ1) is 8.20. The van der Waals surface area contributed by atoms with Crippen molar-refractivity contribution < 1.29 is 5.11 Å². The quantitative estimate of drug-likeness (QED) is 0.874. The Hall–Kier alpha value is -1.39. The maximum Gasteiger partial charge on any atom is 0.119 e. The highest BCUT2D eigenvalue weighted by molar-refractivity contribution is 7.09. The molecule has 2 aromatic rings. The Morgan fingerprint density at radius 1 is 1.41 bits per heavy atom. The summed E-state index contributed by atoms with van der Waals surface area (Å²) in [6, 6.07) is 7.66. The van der Waals surface area contributed by atoms with Crippen molar-refractivity contribution in [3.63, 3.8) is 0 Å². The van der Waals surface area contributed by atoms with Crippen molar-refractivity contribution in [1.82, 2.24) is 10.3 Å². The Bertz CT molecular complexity index is 496. The van der Waals surface area contributed by atoms with Crippen LogP contribution in [0.4, 0.5) is 0 Å². The molecule has 0 bridgehead atoms. The Morgan fingerprint density at radius 3 is 2.88 bits per heavy atom. The zero-order chi connectivity index (χ0) is 12.3. The highest BCUT2D eigenvalue weighted by Gasteiger charge is 2.09. The van der Waals surface area contributed by atoms with Crippen molar-refractivity contribution in [1.29, 1.82) is 0 Å². The van der Waals surface area contributed by atoms with Gasteiger partial charge >= 0.3 is 0 Å². The van der Waals surface area contributed by atoms with Crippen molar-refractivity contribution >= 4 is 11.3 Å². The predicted octanol–water partition coefficient (Wildman–Crippen LogP) is 2.72. The van der Waals surface area contributed by atoms with Gasteiger partial charge in [-0.15, -0.1) is 11.3 Å². The number of hydrogen-bond donors (Lipinski definition) is 2. The average molecular weight is 248 g/mol. The molecule has 90 valence electrons. The van der Waals surface area contributed by atoms with Crippen LogP contribution in [-0.2, 0) is 6.42 Å². The second kappa shape index (κ2) is 5.29. The molecule has 1 unspecified atom stereocenters. The van der Waals surface area contributed by atoms with Crippen molar-refractivity contribution in [2.45, 2.75) is 19.4 Å². The summed E-state index contributed by atoms with van der Waals surface area (Å²) in [4.78, 5) is 4.56. The second-order valence-electron chi connectivity index (χ2n) is 3.98. The molecule has 0 radical (unpaired) electrons. The largest absolute Gasteiger partial charge is 0.508 e. The van der Waals surface area contributed by atoms with Crippen molar-refractivity contribution in [2.75, 3.05) is 7.05 Å². The summed E-state index contributed by atoms with van der Waals surface area (Å²) in [5, 5.41) is 16.0. The van der Waals surface area contributed by atoms with E-state index in [9.17, 15) is 5.11 Å². The summed E-state index contributed by atoms with van der Waals surface area (Å²) < 4.78 is 0. The minimum atomic E-state index is 0.268. The first-order valence-electron chi connectivity index (χ1n) is 5.59. The Balaban J connectivity index is 2.14. The van der Waals surface area contributed by atoms with Gasteiger partial charge in [0.25, 0.3) is 0 Å². The summed E-state index contributed by atoms with van der Waals surface area (Å²) in [7, 11) is 1.92. The maximum absolute atomic E-state index is 9.70. The summed E-state index contributed by atoms with van der Waals surface area (Å²) in [5.74, 6) is 0.339. The summed E-state index contributed by atoms with van der Waals surface area (Å²) in [5.41, 5.74) is 1.98. The number of nitrogens with zero attached hydrogens (tertiary/aromatic N) is 1. The second-order valence-corrected chi connectivity index (χ2v) is 4.92. The molecule has 1 heterocycles. The molecule has 0 amide bonds. The third kappa shape index (κ3) is 2.84. The first kappa shape index (κ1) is 12.1. The predicted molar refractivity (Wildman–Crippen MR) is 70.5 cm³/mol. The SMILES string of the molecule is CNC(C)c1csc(Cc2ccccc2O)n1. The molecule has 3 nitrogen and oxygen atoms in total. The van der Waals surface area contributed by atoms with Gasteiger partial charge in [-0.3, -0.25) is 0 Å². The van der Waals surface area contributed by atoms with Crippen LogP contribution in [0.1, 0.15) is 29.2 Å². The third-order valence-corrected chi connectivity index (χ3v) is 3.65. The summed E-state index contributed by atoms with van der Waals surface area (Å²) in [6.07, 6.45) is 0.688. The maximum atomic E-state index is 9.70. The van der Waals surface area contributed by atoms with E-state index in [4.69, 9.17) is 0 Å². The van der Waals surface area contributed by atoms with Crippen LogP contribution in [-0.4, -0.2) is 17.1 Å². The molecule has 1 aromatic heterocycles. The molecule has 0 aliphatic heterocycles. The van der Waals surface area contributed by atoms with E-state index in [1.165, 1.54) is 0 Å². The molecule has 1 atom stereocenters. The molecule has 0 saturated heterocycles. The molecule has 0 saturated carbocycles. The number of rotatable bonds is 4. The van der Waals surface area contributed by atoms with E-state index in [-0.39, 0.29) is 6.04 Å². The van der Waals surface area contributed by atoms with Gasteiger partial charge in [0.05, 0.1) is 10.7 Å². The number of phenolic OH excluding ortho intramolecular Hbond substituents is 1. The Labute approximate surface area is 105 Å². The lowest BCUT2D eigenvalue weighted by Gasteiger charge is -2.05. The lowest BCUT2D eigenvalue weighted by Crippen LogP contribution is -2.12. The van der Waals surface area contributed by atoms with Crippen molar-refractivity contribution in [2.24, 2.45) is 0 Å². The normalized spacial score (nSPS) is 12.6. The average Bonchev–Trinajstić information content (AvgIpc) is 2.80. The number of phenols is 1. The number of aromatic nitrogens is 1. The number of para-hydroxylation sites is 1. The van der Waals surface area contributed by atoms with Crippen LogP contribution in [0.2, 0.25) is 0 Å². The Morgan fingerprint density at radius 2 is 2.18 bits per heavy atom. The van der Waals surface area contributed by atoms with E-state index in [0.29, 0.717) is 12.2 Å². The number of thiazole rings is 1. The molecule has 17 heavy (non-hydrogen) atoms. The van der Waals surface area contributed by atoms with E-state index in [1.54, 1.807) is 17.4 Å². The molecule has 0 fully saturated rings. The van der Waals surface area contributed by atoms with Crippen LogP contribution in [0.25, 0.3) is 0 Å². The molecule has 2 rings (SSSR count). The zero-order valence-electron chi connectivity index (χ0n) is 9.97. The van der Waals surface area contributed by atoms with E-state index in [0.717, 1.165) is 16.3 Å². The van der Waals surface area contributed by atoms with E-state index < -0.39 is 0 Å². The van der Waals surface area contributed by atoms with Gasteiger partial charge in [-0.2, -0.15) is 0 Å². The number of aromatic hydroxyl groups is 1. The van der Waals surface area contributed by atoms with E-state index >= 15 is 0 Å². The van der Waals surface area contributed by atoms with Crippen LogP contribution < -0.4 is 5.32 Å². The molecule has 2 N–H and O–H groups in total. The van der Waals surface area contributed by atoms with E-state index in [2.05, 4.69) is 22.6 Å². The fourth-order valence-corrected chi connectivity index (χ4v) is 2.49. The molecular formula is C13H16N2OS. The minimum Gasteiger partial charge on any atom is -0.508 e. The zero-order valence-corrected chi connectivity index (χ0v) is 10.8. The van der Waals surface area contributed by atoms with Gasteiger partial charge < -0.3 is 10.4 Å². The van der Waals surface area contributed by atoms with Crippen molar-refractivity contribution in [3.8, 4) is 5.75 Å². The van der Waals surface area contributed by atoms with Crippen LogP contribution in [0, 0.1) is 0 Å². The summed E-state index contributed by atoms with van der Waals surface area (Å²) in [6.45, 7) is 2.08. The van der Waals surface area contributed by atoms with Crippen LogP contribution in [0.15, 0.2) is 29.6 Å². The van der Waals surface area contributed by atoms with Gasteiger partial charge in [0.2, 0.25) is 0 Å². The lowest BCUT2D eigenvalue weighted by molar-refractivity contribution is 0.469. The molecule has 0 aliphatic rings. The third-order valence-electron chi connectivity index (χ3n) is 2.78. The lowest BCUT2D eigenvalue weighted by atomic mass is 10.1. The van der Waals surface area contributed by atoms with Crippen LogP contribution >= 0.6 is 11.3 Å². The smallest absolute Gasteiger partial charge is 0.119 e. The van der Waals surface area contributed by atoms with Gasteiger partial charge in [0.1, 0.15) is 5.75 Å². The van der Waals surface area contributed by atoms with Gasteiger partial charge in [-0.1, -0.05) is 18.2 Å². The number of nitrogens with one attached hydrogen (secondary N) is 1. The highest BCUT2D eigenvalue weighted by atomic mass is 32.1. The first-order valence-corrected chi connectivity index (χ1v) is 6.47. The number of benzene rings is 1. The fraction of sp³-hybridized carbons (Fsp3) is 0.308. The molecule has 1 aromatic carbocycles. The van der Waals surface area contributed by atoms with Crippen LogP contribution in [0.3, 0.4) is 0 Å². The van der Waals surface area contributed by atoms with Gasteiger partial charge in [0, 0.05) is 23.4 Å². The van der Waals surface area contributed by atoms with E-state index in [1.807, 2.05) is 25.2 Å². The topological polar surface area (TPSA) is 45.1 Å². The highest BCUT2D eigenvalue weighted by Crippen LogP contribution is 2.23. The molecule has 4 heteroatoms. The van der Waals surface area contributed by atoms with Gasteiger partial charge in [-0.25, -0.2) is 4.98 Å².